The number of pyridine rings is 1. The predicted molar refractivity (Wildman–Crippen MR) is 119 cm³/mol. The van der Waals surface area contributed by atoms with Crippen LogP contribution in [-0.2, 0) is 0 Å². The molecule has 0 aliphatic carbocycles. The zero-order chi connectivity index (χ0) is 19.2. The van der Waals surface area contributed by atoms with Crippen molar-refractivity contribution in [3.8, 4) is 0 Å². The molecule has 3 aromatic heterocycles. The third kappa shape index (κ3) is 2.48. The normalized spacial score (nSPS) is 11.8. The first-order chi connectivity index (χ1) is 14.4. The molecule has 0 spiro atoms. The van der Waals surface area contributed by atoms with Gasteiger partial charge in [-0.25, -0.2) is 0 Å². The van der Waals surface area contributed by atoms with Crippen molar-refractivity contribution < 1.29 is 0 Å². The molecule has 3 heterocycles. The lowest BCUT2D eigenvalue weighted by Gasteiger charge is -2.19. The lowest BCUT2D eigenvalue weighted by Crippen LogP contribution is -2.04. The Morgan fingerprint density at radius 2 is 1.10 bits per heavy atom. The minimum absolute atomic E-state index is 0.0928. The molecule has 3 heteroatoms. The largest absolute Gasteiger partial charge is 0.361 e. The molecule has 6 rings (SSSR count). The van der Waals surface area contributed by atoms with Crippen LogP contribution >= 0.6 is 0 Å². The van der Waals surface area contributed by atoms with Gasteiger partial charge in [-0.05, 0) is 41.0 Å². The molecule has 0 bridgehead atoms. The number of fused-ring (bicyclic) bond motifs is 3. The van der Waals surface area contributed by atoms with Crippen LogP contribution in [0.1, 0.15) is 22.6 Å². The maximum Gasteiger partial charge on any atom is 0.0705 e. The first-order valence-electron chi connectivity index (χ1n) is 9.86. The van der Waals surface area contributed by atoms with Crippen molar-refractivity contribution in [1.29, 1.82) is 0 Å². The number of nitrogens with one attached hydrogen (secondary N) is 2. The monoisotopic (exact) mass is 373 g/mol. The van der Waals surface area contributed by atoms with Crippen LogP contribution in [0.3, 0.4) is 0 Å². The maximum atomic E-state index is 4.60. The summed E-state index contributed by atoms with van der Waals surface area (Å²) in [5.74, 6) is 0.0928. The first-order valence-corrected chi connectivity index (χ1v) is 9.86. The molecule has 6 aromatic rings. The third-order valence-electron chi connectivity index (χ3n) is 5.86. The third-order valence-corrected chi connectivity index (χ3v) is 5.86. The maximum absolute atomic E-state index is 4.60. The molecule has 0 aliphatic heterocycles. The number of rotatable bonds is 3. The molecule has 0 saturated heterocycles. The highest BCUT2D eigenvalue weighted by Crippen LogP contribution is 2.41. The van der Waals surface area contributed by atoms with E-state index in [1.807, 2.05) is 12.3 Å². The molecule has 0 aliphatic rings. The fourth-order valence-electron chi connectivity index (χ4n) is 4.54. The molecule has 0 saturated carbocycles. The Morgan fingerprint density at radius 3 is 1.76 bits per heavy atom. The van der Waals surface area contributed by atoms with Gasteiger partial charge in [-0.1, -0.05) is 54.6 Å². The quantitative estimate of drug-likeness (QED) is 0.371. The highest BCUT2D eigenvalue weighted by Gasteiger charge is 2.24. The van der Waals surface area contributed by atoms with Crippen LogP contribution in [0.25, 0.3) is 32.7 Å². The van der Waals surface area contributed by atoms with Gasteiger partial charge in [-0.2, -0.15) is 0 Å². The minimum atomic E-state index is 0.0928. The van der Waals surface area contributed by atoms with E-state index in [-0.39, 0.29) is 5.92 Å². The van der Waals surface area contributed by atoms with Crippen LogP contribution in [0, 0.1) is 0 Å². The van der Waals surface area contributed by atoms with Crippen LogP contribution in [-0.4, -0.2) is 15.0 Å². The second-order valence-corrected chi connectivity index (χ2v) is 7.43. The van der Waals surface area contributed by atoms with E-state index in [9.17, 15) is 0 Å². The van der Waals surface area contributed by atoms with Gasteiger partial charge in [0.2, 0.25) is 0 Å². The van der Waals surface area contributed by atoms with Crippen molar-refractivity contribution in [2.24, 2.45) is 0 Å². The summed E-state index contributed by atoms with van der Waals surface area (Å²) in [5, 5.41) is 3.70. The van der Waals surface area contributed by atoms with E-state index in [4.69, 9.17) is 0 Å². The number of aromatic nitrogens is 3. The molecule has 0 amide bonds. The Bertz CT molecular complexity index is 1390. The van der Waals surface area contributed by atoms with Crippen molar-refractivity contribution >= 4 is 32.7 Å². The van der Waals surface area contributed by atoms with E-state index < -0.39 is 0 Å². The average molecular weight is 373 g/mol. The number of H-pyrrole nitrogens is 2. The summed E-state index contributed by atoms with van der Waals surface area (Å²) in [6, 6.07) is 27.6. The first kappa shape index (κ1) is 16.1. The topological polar surface area (TPSA) is 44.5 Å². The van der Waals surface area contributed by atoms with Gasteiger partial charge in [-0.15, -0.1) is 0 Å². The van der Waals surface area contributed by atoms with E-state index in [1.165, 1.54) is 32.8 Å². The van der Waals surface area contributed by atoms with Crippen LogP contribution in [0.15, 0.2) is 97.5 Å². The van der Waals surface area contributed by atoms with E-state index >= 15 is 0 Å². The number of benzene rings is 3. The Labute approximate surface area is 168 Å². The van der Waals surface area contributed by atoms with Gasteiger partial charge in [0.1, 0.15) is 0 Å². The molecule has 0 fully saturated rings. The van der Waals surface area contributed by atoms with E-state index in [0.717, 1.165) is 16.6 Å². The van der Waals surface area contributed by atoms with Crippen molar-refractivity contribution in [1.82, 2.24) is 15.0 Å². The standard InChI is InChI=1S/C26H19N3/c1-4-10-23-17(7-1)20(13-14-27-23)26(21-15-28-24-11-5-2-8-18(21)24)22-16-29-25-12-6-3-9-19(22)25/h1-16,26,28-29H. The fraction of sp³-hybridized carbons (Fsp3) is 0.0385. The molecule has 2 N–H and O–H groups in total. The van der Waals surface area contributed by atoms with Gasteiger partial charge in [-0.3, -0.25) is 4.98 Å². The molecule has 29 heavy (non-hydrogen) atoms. The van der Waals surface area contributed by atoms with Crippen LogP contribution in [0.2, 0.25) is 0 Å². The van der Waals surface area contributed by atoms with Crippen LogP contribution < -0.4 is 0 Å². The van der Waals surface area contributed by atoms with Gasteiger partial charge >= 0.3 is 0 Å². The summed E-state index contributed by atoms with van der Waals surface area (Å²) in [6.07, 6.45) is 6.24. The Morgan fingerprint density at radius 1 is 0.552 bits per heavy atom. The lowest BCUT2D eigenvalue weighted by atomic mass is 9.83. The van der Waals surface area contributed by atoms with Crippen molar-refractivity contribution in [2.75, 3.05) is 0 Å². The number of aromatic amines is 2. The zero-order valence-corrected chi connectivity index (χ0v) is 15.8. The SMILES string of the molecule is c1ccc2c(C(c3c[nH]c4ccccc34)c3c[nH]c4ccccc34)ccnc2c1. The predicted octanol–water partition coefficient (Wildman–Crippen LogP) is 6.38. The summed E-state index contributed by atoms with van der Waals surface area (Å²) in [6.45, 7) is 0. The lowest BCUT2D eigenvalue weighted by molar-refractivity contribution is 1.01. The number of nitrogens with zero attached hydrogens (tertiary/aromatic N) is 1. The summed E-state index contributed by atoms with van der Waals surface area (Å²) in [4.78, 5) is 11.5. The number of para-hydroxylation sites is 3. The summed E-state index contributed by atoms with van der Waals surface area (Å²) < 4.78 is 0. The molecule has 0 unspecified atom stereocenters. The molecule has 3 aromatic carbocycles. The summed E-state index contributed by atoms with van der Waals surface area (Å²) in [7, 11) is 0. The molecular formula is C26H19N3. The summed E-state index contributed by atoms with van der Waals surface area (Å²) >= 11 is 0. The van der Waals surface area contributed by atoms with E-state index in [1.54, 1.807) is 0 Å². The summed E-state index contributed by atoms with van der Waals surface area (Å²) in [5.41, 5.74) is 7.17. The van der Waals surface area contributed by atoms with Crippen LogP contribution in [0.4, 0.5) is 0 Å². The van der Waals surface area contributed by atoms with Gasteiger partial charge in [0.25, 0.3) is 0 Å². The molecule has 138 valence electrons. The Hall–Kier alpha value is -3.85. The highest BCUT2D eigenvalue weighted by atomic mass is 14.7. The van der Waals surface area contributed by atoms with Crippen LogP contribution in [0.5, 0.6) is 0 Å². The van der Waals surface area contributed by atoms with Gasteiger partial charge in [0.15, 0.2) is 0 Å². The van der Waals surface area contributed by atoms with E-state index in [2.05, 4.69) is 100 Å². The van der Waals surface area contributed by atoms with Gasteiger partial charge < -0.3 is 9.97 Å². The minimum Gasteiger partial charge on any atom is -0.361 e. The van der Waals surface area contributed by atoms with E-state index in [0.29, 0.717) is 0 Å². The molecule has 0 atom stereocenters. The molecular weight excluding hydrogens is 354 g/mol. The Kier molecular flexibility index (Phi) is 3.53. The van der Waals surface area contributed by atoms with Crippen molar-refractivity contribution in [2.45, 2.75) is 5.92 Å². The fourth-order valence-corrected chi connectivity index (χ4v) is 4.54. The Balaban J connectivity index is 1.71. The molecule has 0 radical (unpaired) electrons. The second kappa shape index (κ2) is 6.35. The number of hydrogen-bond acceptors (Lipinski definition) is 1. The second-order valence-electron chi connectivity index (χ2n) is 7.43. The smallest absolute Gasteiger partial charge is 0.0705 e. The molecule has 3 nitrogen and oxygen atoms in total. The number of hydrogen-bond donors (Lipinski definition) is 2. The highest BCUT2D eigenvalue weighted by molar-refractivity contribution is 5.92. The van der Waals surface area contributed by atoms with Gasteiger partial charge in [0.05, 0.1) is 5.52 Å². The van der Waals surface area contributed by atoms with Crippen molar-refractivity contribution in [3.63, 3.8) is 0 Å². The average Bonchev–Trinajstić information content (AvgIpc) is 3.40. The van der Waals surface area contributed by atoms with Crippen molar-refractivity contribution in [3.05, 3.63) is 114 Å². The van der Waals surface area contributed by atoms with Gasteiger partial charge in [0, 0.05) is 51.7 Å². The zero-order valence-electron chi connectivity index (χ0n) is 15.8.